The van der Waals surface area contributed by atoms with Crippen LogP contribution in [0.5, 0.6) is 0 Å². The van der Waals surface area contributed by atoms with E-state index in [9.17, 15) is 0 Å². The Morgan fingerprint density at radius 2 is 2.06 bits per heavy atom. The number of likely N-dealkylation sites (N-methyl/N-ethyl adjacent to an activating group) is 1. The molecule has 0 spiro atoms. The largest absolute Gasteiger partial charge is 0.380 e. The standard InChI is InChI=1S/C13H19Cl2NO/c1-3-16(8-9-17-4-2)13-7-5-6-12(15)11(13)10-14/h5-7H,3-4,8-10H2,1-2H3. The molecule has 0 aliphatic carbocycles. The number of hydrogen-bond donors (Lipinski definition) is 0. The Labute approximate surface area is 113 Å². The number of alkyl halides is 1. The van der Waals surface area contributed by atoms with Gasteiger partial charge in [0, 0.05) is 36.0 Å². The Morgan fingerprint density at radius 3 is 2.65 bits per heavy atom. The molecule has 1 rings (SSSR count). The normalized spacial score (nSPS) is 10.6. The molecule has 1 aromatic carbocycles. The molecule has 0 aromatic heterocycles. The maximum absolute atomic E-state index is 6.15. The topological polar surface area (TPSA) is 12.5 Å². The van der Waals surface area contributed by atoms with E-state index in [1.807, 2.05) is 19.1 Å². The molecule has 96 valence electrons. The minimum Gasteiger partial charge on any atom is -0.380 e. The summed E-state index contributed by atoms with van der Waals surface area (Å²) in [7, 11) is 0. The van der Waals surface area contributed by atoms with Crippen LogP contribution in [0.1, 0.15) is 19.4 Å². The van der Waals surface area contributed by atoms with E-state index >= 15 is 0 Å². The van der Waals surface area contributed by atoms with Crippen molar-refractivity contribution in [2.75, 3.05) is 31.2 Å². The van der Waals surface area contributed by atoms with Gasteiger partial charge in [0.1, 0.15) is 0 Å². The maximum Gasteiger partial charge on any atom is 0.0641 e. The number of rotatable bonds is 7. The molecule has 2 nitrogen and oxygen atoms in total. The van der Waals surface area contributed by atoms with Gasteiger partial charge in [0.2, 0.25) is 0 Å². The molecule has 0 atom stereocenters. The first-order chi connectivity index (χ1) is 8.24. The molecule has 0 amide bonds. The second kappa shape index (κ2) is 7.80. The predicted octanol–water partition coefficient (Wildman–Crippen LogP) is 3.94. The van der Waals surface area contributed by atoms with Crippen molar-refractivity contribution in [2.45, 2.75) is 19.7 Å². The number of benzene rings is 1. The Hall–Kier alpha value is -0.440. The highest BCUT2D eigenvalue weighted by molar-refractivity contribution is 6.32. The molecule has 0 fully saturated rings. The summed E-state index contributed by atoms with van der Waals surface area (Å²) in [5.41, 5.74) is 2.10. The number of halogens is 2. The zero-order valence-corrected chi connectivity index (χ0v) is 11.9. The van der Waals surface area contributed by atoms with E-state index in [-0.39, 0.29) is 0 Å². The quantitative estimate of drug-likeness (QED) is 0.552. The van der Waals surface area contributed by atoms with Crippen molar-refractivity contribution in [2.24, 2.45) is 0 Å². The van der Waals surface area contributed by atoms with Gasteiger partial charge in [0.25, 0.3) is 0 Å². The average molecular weight is 276 g/mol. The van der Waals surface area contributed by atoms with Gasteiger partial charge in [-0.15, -0.1) is 11.6 Å². The van der Waals surface area contributed by atoms with E-state index < -0.39 is 0 Å². The summed E-state index contributed by atoms with van der Waals surface area (Å²) in [6, 6.07) is 5.88. The molecule has 0 aliphatic heterocycles. The fourth-order valence-corrected chi connectivity index (χ4v) is 2.33. The summed E-state index contributed by atoms with van der Waals surface area (Å²) >= 11 is 12.1. The molecule has 0 unspecified atom stereocenters. The lowest BCUT2D eigenvalue weighted by molar-refractivity contribution is 0.154. The molecule has 1 aromatic rings. The maximum atomic E-state index is 6.15. The van der Waals surface area contributed by atoms with E-state index in [4.69, 9.17) is 27.9 Å². The van der Waals surface area contributed by atoms with Gasteiger partial charge in [-0.1, -0.05) is 17.7 Å². The number of ether oxygens (including phenoxy) is 1. The Bertz CT molecular complexity index is 344. The van der Waals surface area contributed by atoms with Crippen LogP contribution >= 0.6 is 23.2 Å². The minimum absolute atomic E-state index is 0.431. The lowest BCUT2D eigenvalue weighted by Gasteiger charge is -2.25. The molecule has 0 N–H and O–H groups in total. The highest BCUT2D eigenvalue weighted by Gasteiger charge is 2.11. The van der Waals surface area contributed by atoms with Crippen LogP contribution in [0.4, 0.5) is 5.69 Å². The molecular formula is C13H19Cl2NO. The van der Waals surface area contributed by atoms with Gasteiger partial charge in [-0.05, 0) is 26.0 Å². The Morgan fingerprint density at radius 1 is 1.29 bits per heavy atom. The van der Waals surface area contributed by atoms with Crippen molar-refractivity contribution in [3.63, 3.8) is 0 Å². The minimum atomic E-state index is 0.431. The second-order valence-corrected chi connectivity index (χ2v) is 4.32. The van der Waals surface area contributed by atoms with Crippen LogP contribution in [0.25, 0.3) is 0 Å². The second-order valence-electron chi connectivity index (χ2n) is 3.65. The van der Waals surface area contributed by atoms with Crippen molar-refractivity contribution >= 4 is 28.9 Å². The summed E-state index contributed by atoms with van der Waals surface area (Å²) in [5.74, 6) is 0.431. The molecule has 0 radical (unpaired) electrons. The van der Waals surface area contributed by atoms with E-state index in [0.717, 1.165) is 42.6 Å². The third kappa shape index (κ3) is 4.06. The third-order valence-corrected chi connectivity index (χ3v) is 3.28. The van der Waals surface area contributed by atoms with Crippen LogP contribution in [0, 0.1) is 0 Å². The van der Waals surface area contributed by atoms with Crippen molar-refractivity contribution in [3.8, 4) is 0 Å². The van der Waals surface area contributed by atoms with Crippen LogP contribution in [0.3, 0.4) is 0 Å². The fraction of sp³-hybridized carbons (Fsp3) is 0.538. The molecule has 17 heavy (non-hydrogen) atoms. The van der Waals surface area contributed by atoms with E-state index in [1.54, 1.807) is 0 Å². The van der Waals surface area contributed by atoms with Gasteiger partial charge in [-0.3, -0.25) is 0 Å². The molecule has 0 bridgehead atoms. The van der Waals surface area contributed by atoms with Gasteiger partial charge in [0.15, 0.2) is 0 Å². The van der Waals surface area contributed by atoms with Crippen LogP contribution in [0.15, 0.2) is 18.2 Å². The summed E-state index contributed by atoms with van der Waals surface area (Å²) in [6.45, 7) is 7.35. The third-order valence-electron chi connectivity index (χ3n) is 2.66. The molecular weight excluding hydrogens is 257 g/mol. The van der Waals surface area contributed by atoms with Gasteiger partial charge in [-0.2, -0.15) is 0 Å². The van der Waals surface area contributed by atoms with Gasteiger partial charge >= 0.3 is 0 Å². The monoisotopic (exact) mass is 275 g/mol. The zero-order valence-electron chi connectivity index (χ0n) is 10.4. The highest BCUT2D eigenvalue weighted by atomic mass is 35.5. The van der Waals surface area contributed by atoms with E-state index in [0.29, 0.717) is 5.88 Å². The summed E-state index contributed by atoms with van der Waals surface area (Å²) in [4.78, 5) is 2.24. The van der Waals surface area contributed by atoms with Gasteiger partial charge in [-0.25, -0.2) is 0 Å². The van der Waals surface area contributed by atoms with Crippen LogP contribution in [0.2, 0.25) is 5.02 Å². The molecule has 0 saturated heterocycles. The molecule has 0 saturated carbocycles. The summed E-state index contributed by atoms with van der Waals surface area (Å²) in [6.07, 6.45) is 0. The SMILES string of the molecule is CCOCCN(CC)c1cccc(Cl)c1CCl. The highest BCUT2D eigenvalue weighted by Crippen LogP contribution is 2.28. The molecule has 4 heteroatoms. The van der Waals surface area contributed by atoms with Crippen molar-refractivity contribution in [3.05, 3.63) is 28.8 Å². The molecule has 0 heterocycles. The Balaban J connectivity index is 2.83. The lowest BCUT2D eigenvalue weighted by Crippen LogP contribution is -2.28. The number of hydrogen-bond acceptors (Lipinski definition) is 2. The average Bonchev–Trinajstić information content (AvgIpc) is 2.34. The van der Waals surface area contributed by atoms with Crippen molar-refractivity contribution in [1.29, 1.82) is 0 Å². The smallest absolute Gasteiger partial charge is 0.0641 e. The van der Waals surface area contributed by atoms with Gasteiger partial charge < -0.3 is 9.64 Å². The van der Waals surface area contributed by atoms with Crippen LogP contribution < -0.4 is 4.90 Å². The van der Waals surface area contributed by atoms with Crippen molar-refractivity contribution < 1.29 is 4.74 Å². The Kier molecular flexibility index (Phi) is 6.71. The number of nitrogens with zero attached hydrogens (tertiary/aromatic N) is 1. The first kappa shape index (κ1) is 14.6. The lowest BCUT2D eigenvalue weighted by atomic mass is 10.1. The zero-order chi connectivity index (χ0) is 12.7. The molecule has 0 aliphatic rings. The predicted molar refractivity (Wildman–Crippen MR) is 75.4 cm³/mol. The number of anilines is 1. The first-order valence-electron chi connectivity index (χ1n) is 5.90. The van der Waals surface area contributed by atoms with E-state index in [2.05, 4.69) is 17.9 Å². The van der Waals surface area contributed by atoms with Crippen LogP contribution in [-0.2, 0) is 10.6 Å². The first-order valence-corrected chi connectivity index (χ1v) is 6.81. The fourth-order valence-electron chi connectivity index (χ4n) is 1.74. The summed E-state index contributed by atoms with van der Waals surface area (Å²) in [5, 5.41) is 0.729. The van der Waals surface area contributed by atoms with Crippen LogP contribution in [-0.4, -0.2) is 26.3 Å². The van der Waals surface area contributed by atoms with Gasteiger partial charge in [0.05, 0.1) is 12.5 Å². The van der Waals surface area contributed by atoms with E-state index in [1.165, 1.54) is 0 Å². The van der Waals surface area contributed by atoms with Crippen molar-refractivity contribution in [1.82, 2.24) is 0 Å². The summed E-state index contributed by atoms with van der Waals surface area (Å²) < 4.78 is 5.38.